The third kappa shape index (κ3) is 1.02. The van der Waals surface area contributed by atoms with E-state index < -0.39 is 6.10 Å². The molecule has 1 aliphatic rings. The van der Waals surface area contributed by atoms with Crippen molar-refractivity contribution in [1.29, 1.82) is 0 Å². The van der Waals surface area contributed by atoms with Gasteiger partial charge < -0.3 is 5.11 Å². The Balaban J connectivity index is 2.97. The van der Waals surface area contributed by atoms with Gasteiger partial charge in [-0.05, 0) is 25.0 Å². The summed E-state index contributed by atoms with van der Waals surface area (Å²) in [5.41, 5.74) is 2.43. The van der Waals surface area contributed by atoms with Gasteiger partial charge in [-0.2, -0.15) is 0 Å². The fourth-order valence-corrected chi connectivity index (χ4v) is 0.820. The highest BCUT2D eigenvalue weighted by atomic mass is 16.3. The molecule has 0 saturated carbocycles. The van der Waals surface area contributed by atoms with Crippen LogP contribution in [0, 0.1) is 0 Å². The zero-order chi connectivity index (χ0) is 7.72. The van der Waals surface area contributed by atoms with Crippen LogP contribution in [0.5, 0.6) is 0 Å². The van der Waals surface area contributed by atoms with Crippen molar-refractivity contribution in [3.05, 3.63) is 23.9 Å². The van der Waals surface area contributed by atoms with Gasteiger partial charge in [0.2, 0.25) is 0 Å². The molecule has 0 bridgehead atoms. The average Bonchev–Trinajstić information content (AvgIpc) is 1.93. The molecule has 1 rings (SSSR count). The van der Waals surface area contributed by atoms with E-state index in [0.717, 1.165) is 16.9 Å². The predicted molar refractivity (Wildman–Crippen MR) is 42.0 cm³/mol. The van der Waals surface area contributed by atoms with Gasteiger partial charge in [0.15, 0.2) is 0 Å². The number of rotatable bonds is 0. The topological polar surface area (TPSA) is 32.6 Å². The molecule has 0 spiro atoms. The van der Waals surface area contributed by atoms with Gasteiger partial charge >= 0.3 is 0 Å². The van der Waals surface area contributed by atoms with Gasteiger partial charge in [0.05, 0.1) is 0 Å². The molecule has 0 amide bonds. The second-order valence-corrected chi connectivity index (χ2v) is 2.51. The molecule has 0 aromatic carbocycles. The van der Waals surface area contributed by atoms with Crippen LogP contribution in [-0.2, 0) is 0 Å². The van der Waals surface area contributed by atoms with Gasteiger partial charge in [0.1, 0.15) is 6.10 Å². The minimum absolute atomic E-state index is 0.565. The summed E-state index contributed by atoms with van der Waals surface area (Å²) in [6.07, 6.45) is 1.16. The minimum atomic E-state index is -0.565. The summed E-state index contributed by atoms with van der Waals surface area (Å²) < 4.78 is 0. The van der Waals surface area contributed by atoms with Crippen molar-refractivity contribution in [2.24, 2.45) is 4.99 Å². The molecule has 1 unspecified atom stereocenters. The molecular formula is C8H11NO. The number of nitrogens with zero attached hydrogens (tertiary/aromatic N) is 1. The zero-order valence-electron chi connectivity index (χ0n) is 6.26. The van der Waals surface area contributed by atoms with Crippen molar-refractivity contribution in [2.75, 3.05) is 0 Å². The van der Waals surface area contributed by atoms with Crippen LogP contribution in [0.1, 0.15) is 13.8 Å². The fourth-order valence-electron chi connectivity index (χ4n) is 0.820. The standard InChI is InChI=1S/C8H11NO/c1-5-4-9-7(3)8(10)6(5)2/h4,8,10H,2H2,1,3H3. The largest absolute Gasteiger partial charge is 0.382 e. The number of hydrogen-bond donors (Lipinski definition) is 1. The first-order valence-electron chi connectivity index (χ1n) is 3.21. The van der Waals surface area contributed by atoms with E-state index in [1.165, 1.54) is 0 Å². The Labute approximate surface area is 60.6 Å². The molecule has 2 heteroatoms. The molecular weight excluding hydrogens is 126 g/mol. The Kier molecular flexibility index (Phi) is 1.72. The highest BCUT2D eigenvalue weighted by Gasteiger charge is 2.16. The van der Waals surface area contributed by atoms with E-state index in [4.69, 9.17) is 0 Å². The third-order valence-electron chi connectivity index (χ3n) is 1.69. The maximum Gasteiger partial charge on any atom is 0.117 e. The fraction of sp³-hybridized carbons (Fsp3) is 0.375. The molecule has 0 aliphatic carbocycles. The van der Waals surface area contributed by atoms with Crippen molar-refractivity contribution in [3.8, 4) is 0 Å². The van der Waals surface area contributed by atoms with E-state index >= 15 is 0 Å². The van der Waals surface area contributed by atoms with Crippen LogP contribution in [0.25, 0.3) is 0 Å². The van der Waals surface area contributed by atoms with E-state index in [2.05, 4.69) is 11.6 Å². The van der Waals surface area contributed by atoms with Gasteiger partial charge in [-0.15, -0.1) is 0 Å². The lowest BCUT2D eigenvalue weighted by Gasteiger charge is -2.17. The lowest BCUT2D eigenvalue weighted by atomic mass is 9.99. The first-order chi connectivity index (χ1) is 4.63. The second kappa shape index (κ2) is 2.39. The smallest absolute Gasteiger partial charge is 0.117 e. The van der Waals surface area contributed by atoms with E-state index in [0.29, 0.717) is 0 Å². The van der Waals surface area contributed by atoms with E-state index in [1.54, 1.807) is 13.1 Å². The summed E-state index contributed by atoms with van der Waals surface area (Å²) in [7, 11) is 0. The van der Waals surface area contributed by atoms with Crippen molar-refractivity contribution in [1.82, 2.24) is 0 Å². The zero-order valence-corrected chi connectivity index (χ0v) is 6.26. The Morgan fingerprint density at radius 3 is 2.70 bits per heavy atom. The van der Waals surface area contributed by atoms with Crippen LogP contribution in [0.15, 0.2) is 28.9 Å². The van der Waals surface area contributed by atoms with Crippen LogP contribution >= 0.6 is 0 Å². The number of aliphatic hydroxyl groups is 1. The predicted octanol–water partition coefficient (Wildman–Crippen LogP) is 1.28. The van der Waals surface area contributed by atoms with Crippen LogP contribution in [-0.4, -0.2) is 16.9 Å². The summed E-state index contributed by atoms with van der Waals surface area (Å²) in [5, 5.41) is 9.35. The molecule has 2 nitrogen and oxygen atoms in total. The van der Waals surface area contributed by atoms with Gasteiger partial charge in [-0.1, -0.05) is 6.58 Å². The SMILES string of the molecule is C=C1C(C)=CN=C(C)C1O. The Morgan fingerprint density at radius 2 is 2.20 bits per heavy atom. The lowest BCUT2D eigenvalue weighted by molar-refractivity contribution is 0.277. The quantitative estimate of drug-likeness (QED) is 0.536. The molecule has 0 saturated heterocycles. The van der Waals surface area contributed by atoms with Crippen molar-refractivity contribution >= 4 is 5.71 Å². The summed E-state index contributed by atoms with van der Waals surface area (Å²) in [6.45, 7) is 7.41. The molecule has 54 valence electrons. The highest BCUT2D eigenvalue weighted by Crippen LogP contribution is 2.17. The van der Waals surface area contributed by atoms with Gasteiger partial charge in [0, 0.05) is 11.9 Å². The van der Waals surface area contributed by atoms with Crippen molar-refractivity contribution < 1.29 is 5.11 Å². The average molecular weight is 137 g/mol. The molecule has 10 heavy (non-hydrogen) atoms. The lowest BCUT2D eigenvalue weighted by Crippen LogP contribution is -2.22. The Morgan fingerprint density at radius 1 is 1.60 bits per heavy atom. The summed E-state index contributed by atoms with van der Waals surface area (Å²) >= 11 is 0. The van der Waals surface area contributed by atoms with Crippen LogP contribution < -0.4 is 0 Å². The number of aliphatic hydroxyl groups excluding tert-OH is 1. The van der Waals surface area contributed by atoms with Gasteiger partial charge in [0.25, 0.3) is 0 Å². The normalized spacial score (nSPS) is 25.9. The minimum Gasteiger partial charge on any atom is -0.382 e. The summed E-state index contributed by atoms with van der Waals surface area (Å²) in [6, 6.07) is 0. The third-order valence-corrected chi connectivity index (χ3v) is 1.69. The highest BCUT2D eigenvalue weighted by molar-refractivity contribution is 5.91. The van der Waals surface area contributed by atoms with E-state index in [9.17, 15) is 5.11 Å². The first-order valence-corrected chi connectivity index (χ1v) is 3.21. The molecule has 1 N–H and O–H groups in total. The first kappa shape index (κ1) is 7.22. The maximum absolute atomic E-state index is 9.35. The number of hydrogen-bond acceptors (Lipinski definition) is 2. The van der Waals surface area contributed by atoms with Gasteiger partial charge in [-0.3, -0.25) is 4.99 Å². The Hall–Kier alpha value is -0.890. The van der Waals surface area contributed by atoms with E-state index in [1.807, 2.05) is 6.92 Å². The van der Waals surface area contributed by atoms with Crippen LogP contribution in [0.3, 0.4) is 0 Å². The molecule has 0 aromatic rings. The molecule has 1 aliphatic heterocycles. The Bertz CT molecular complexity index is 223. The molecule has 0 radical (unpaired) electrons. The summed E-state index contributed by atoms with van der Waals surface area (Å²) in [5.74, 6) is 0. The summed E-state index contributed by atoms with van der Waals surface area (Å²) in [4.78, 5) is 3.99. The molecule has 0 aromatic heterocycles. The monoisotopic (exact) mass is 137 g/mol. The maximum atomic E-state index is 9.35. The molecule has 1 heterocycles. The van der Waals surface area contributed by atoms with Crippen LogP contribution in [0.2, 0.25) is 0 Å². The van der Waals surface area contributed by atoms with Crippen LogP contribution in [0.4, 0.5) is 0 Å². The second-order valence-electron chi connectivity index (χ2n) is 2.51. The van der Waals surface area contributed by atoms with Crippen molar-refractivity contribution in [3.63, 3.8) is 0 Å². The van der Waals surface area contributed by atoms with Gasteiger partial charge in [-0.25, -0.2) is 0 Å². The number of aliphatic imine (C=N–C) groups is 1. The molecule has 0 fully saturated rings. The van der Waals surface area contributed by atoms with Crippen molar-refractivity contribution in [2.45, 2.75) is 20.0 Å². The molecule has 1 atom stereocenters. The van der Waals surface area contributed by atoms with E-state index in [-0.39, 0.29) is 0 Å².